The normalized spacial score (nSPS) is 19.6. The molecule has 1 unspecified atom stereocenters. The maximum Gasteiger partial charge on any atom is 0.228 e. The topological polar surface area (TPSA) is 49.4 Å². The number of hydrogen-bond acceptors (Lipinski definition) is 2. The lowest BCUT2D eigenvalue weighted by Gasteiger charge is -2.30. The number of nitrogens with zero attached hydrogens (tertiary/aromatic N) is 1. The molecular formula is C23H26N2O2. The molecule has 0 fully saturated rings. The van der Waals surface area contributed by atoms with E-state index in [1.165, 1.54) is 11.1 Å². The van der Waals surface area contributed by atoms with Gasteiger partial charge >= 0.3 is 0 Å². The lowest BCUT2D eigenvalue weighted by atomic mass is 9.81. The van der Waals surface area contributed by atoms with Crippen molar-refractivity contribution >= 4 is 23.2 Å². The number of anilines is 2. The Kier molecular flexibility index (Phi) is 4.29. The molecular weight excluding hydrogens is 336 g/mol. The van der Waals surface area contributed by atoms with Crippen LogP contribution in [0.3, 0.4) is 0 Å². The molecule has 1 N–H and O–H groups in total. The minimum atomic E-state index is -0.0359. The molecule has 1 atom stereocenters. The van der Waals surface area contributed by atoms with E-state index in [-0.39, 0.29) is 23.3 Å². The first-order valence-electron chi connectivity index (χ1n) is 9.71. The number of amides is 2. The Hall–Kier alpha value is -2.62. The molecule has 140 valence electrons. The number of nitrogens with one attached hydrogen (secondary N) is 1. The summed E-state index contributed by atoms with van der Waals surface area (Å²) < 4.78 is 0. The summed E-state index contributed by atoms with van der Waals surface area (Å²) in [5.74, 6) is 0.250. The highest BCUT2D eigenvalue weighted by atomic mass is 16.2. The van der Waals surface area contributed by atoms with E-state index in [1.807, 2.05) is 23.1 Å². The summed E-state index contributed by atoms with van der Waals surface area (Å²) in [6.07, 6.45) is 2.65. The van der Waals surface area contributed by atoms with Gasteiger partial charge in [0.15, 0.2) is 0 Å². The van der Waals surface area contributed by atoms with Gasteiger partial charge in [-0.1, -0.05) is 44.2 Å². The van der Waals surface area contributed by atoms with Gasteiger partial charge in [-0.2, -0.15) is 0 Å². The van der Waals surface area contributed by atoms with E-state index in [0.717, 1.165) is 29.8 Å². The summed E-state index contributed by atoms with van der Waals surface area (Å²) in [6, 6.07) is 14.5. The van der Waals surface area contributed by atoms with Crippen LogP contribution in [0.25, 0.3) is 0 Å². The van der Waals surface area contributed by atoms with Crippen molar-refractivity contribution in [2.45, 2.75) is 57.9 Å². The third-order valence-corrected chi connectivity index (χ3v) is 6.21. The molecule has 0 aromatic heterocycles. The SMILES string of the molecule is CC1N(C(=O)CCCc2ccc3c(c2)CC(=O)N3)c2ccccc2C1(C)C. The zero-order valence-corrected chi connectivity index (χ0v) is 16.2. The molecule has 4 heteroatoms. The molecule has 2 aromatic rings. The highest BCUT2D eigenvalue weighted by molar-refractivity contribution is 5.99. The Morgan fingerprint density at radius 1 is 1.22 bits per heavy atom. The molecule has 2 aliphatic heterocycles. The first-order valence-corrected chi connectivity index (χ1v) is 9.71. The fraction of sp³-hybridized carbons (Fsp3) is 0.391. The maximum absolute atomic E-state index is 13.0. The number of benzene rings is 2. The first-order chi connectivity index (χ1) is 12.9. The molecule has 2 aromatic carbocycles. The summed E-state index contributed by atoms with van der Waals surface area (Å²) in [6.45, 7) is 6.57. The van der Waals surface area contributed by atoms with Crippen molar-refractivity contribution < 1.29 is 9.59 Å². The largest absolute Gasteiger partial charge is 0.326 e. The van der Waals surface area contributed by atoms with Crippen LogP contribution in [0.15, 0.2) is 42.5 Å². The van der Waals surface area contributed by atoms with Crippen molar-refractivity contribution in [1.29, 1.82) is 0 Å². The van der Waals surface area contributed by atoms with E-state index in [9.17, 15) is 9.59 Å². The van der Waals surface area contributed by atoms with Gasteiger partial charge in [-0.15, -0.1) is 0 Å². The van der Waals surface area contributed by atoms with Crippen LogP contribution in [0.1, 0.15) is 50.3 Å². The predicted molar refractivity (Wildman–Crippen MR) is 108 cm³/mol. The monoisotopic (exact) mass is 362 g/mol. The van der Waals surface area contributed by atoms with Gasteiger partial charge in [-0.3, -0.25) is 9.59 Å². The van der Waals surface area contributed by atoms with Crippen molar-refractivity contribution in [3.63, 3.8) is 0 Å². The molecule has 0 aliphatic carbocycles. The predicted octanol–water partition coefficient (Wildman–Crippen LogP) is 4.22. The number of hydrogen-bond donors (Lipinski definition) is 1. The van der Waals surface area contributed by atoms with Gasteiger partial charge in [0.1, 0.15) is 0 Å². The van der Waals surface area contributed by atoms with Crippen LogP contribution in [-0.4, -0.2) is 17.9 Å². The minimum Gasteiger partial charge on any atom is -0.326 e. The van der Waals surface area contributed by atoms with E-state index in [0.29, 0.717) is 12.8 Å². The van der Waals surface area contributed by atoms with Gasteiger partial charge < -0.3 is 10.2 Å². The van der Waals surface area contributed by atoms with Crippen LogP contribution < -0.4 is 10.2 Å². The first kappa shape index (κ1) is 17.8. The van der Waals surface area contributed by atoms with E-state index in [2.05, 4.69) is 50.4 Å². The Bertz CT molecular complexity index is 916. The highest BCUT2D eigenvalue weighted by Gasteiger charge is 2.43. The van der Waals surface area contributed by atoms with Crippen molar-refractivity contribution in [3.05, 3.63) is 59.2 Å². The Morgan fingerprint density at radius 2 is 2.00 bits per heavy atom. The van der Waals surface area contributed by atoms with E-state index in [1.54, 1.807) is 0 Å². The summed E-state index contributed by atoms with van der Waals surface area (Å²) in [4.78, 5) is 26.5. The molecule has 0 saturated carbocycles. The van der Waals surface area contributed by atoms with Gasteiger partial charge in [-0.05, 0) is 48.6 Å². The van der Waals surface area contributed by atoms with Crippen LogP contribution in [0.2, 0.25) is 0 Å². The van der Waals surface area contributed by atoms with Crippen LogP contribution in [0.5, 0.6) is 0 Å². The van der Waals surface area contributed by atoms with Crippen molar-refractivity contribution in [2.24, 2.45) is 0 Å². The van der Waals surface area contributed by atoms with Crippen LogP contribution in [-0.2, 0) is 27.8 Å². The number of carbonyl (C=O) groups excluding carboxylic acids is 2. The van der Waals surface area contributed by atoms with E-state index < -0.39 is 0 Å². The third-order valence-electron chi connectivity index (χ3n) is 6.21. The molecule has 0 bridgehead atoms. The molecule has 4 nitrogen and oxygen atoms in total. The van der Waals surface area contributed by atoms with Crippen molar-refractivity contribution in [3.8, 4) is 0 Å². The van der Waals surface area contributed by atoms with E-state index >= 15 is 0 Å². The van der Waals surface area contributed by atoms with Crippen LogP contribution >= 0.6 is 0 Å². The standard InChI is InChI=1S/C23H26N2O2/c1-15-23(2,3)18-8-4-5-9-20(18)25(15)22(27)10-6-7-16-11-12-19-17(13-16)14-21(26)24-19/h4-5,8-9,11-13,15H,6-7,10,14H2,1-3H3,(H,24,26). The van der Waals surface area contributed by atoms with Gasteiger partial charge in [0.05, 0.1) is 6.42 Å². The fourth-order valence-corrected chi connectivity index (χ4v) is 4.34. The number of para-hydroxylation sites is 1. The summed E-state index contributed by atoms with van der Waals surface area (Å²) in [5.41, 5.74) is 5.44. The molecule has 0 saturated heterocycles. The molecule has 4 rings (SSSR count). The average molecular weight is 362 g/mol. The molecule has 0 radical (unpaired) electrons. The molecule has 0 spiro atoms. The van der Waals surface area contributed by atoms with Crippen molar-refractivity contribution in [1.82, 2.24) is 0 Å². The lowest BCUT2D eigenvalue weighted by molar-refractivity contribution is -0.119. The van der Waals surface area contributed by atoms with Gasteiger partial charge in [-0.25, -0.2) is 0 Å². The Morgan fingerprint density at radius 3 is 2.81 bits per heavy atom. The molecule has 27 heavy (non-hydrogen) atoms. The zero-order valence-electron chi connectivity index (χ0n) is 16.2. The quantitative estimate of drug-likeness (QED) is 0.885. The zero-order chi connectivity index (χ0) is 19.2. The molecule has 2 amide bonds. The maximum atomic E-state index is 13.0. The minimum absolute atomic E-state index is 0.0359. The highest BCUT2D eigenvalue weighted by Crippen LogP contribution is 2.45. The van der Waals surface area contributed by atoms with Crippen molar-refractivity contribution in [2.75, 3.05) is 10.2 Å². The third kappa shape index (κ3) is 3.03. The summed E-state index contributed by atoms with van der Waals surface area (Å²) in [7, 11) is 0. The van der Waals surface area contributed by atoms with Crippen LogP contribution in [0.4, 0.5) is 11.4 Å². The second-order valence-corrected chi connectivity index (χ2v) is 8.25. The van der Waals surface area contributed by atoms with Crippen LogP contribution in [0, 0.1) is 0 Å². The van der Waals surface area contributed by atoms with E-state index in [4.69, 9.17) is 0 Å². The number of aryl methyl sites for hydroxylation is 1. The summed E-state index contributed by atoms with van der Waals surface area (Å²) in [5, 5.41) is 2.86. The molecule has 2 aliphatic rings. The second-order valence-electron chi connectivity index (χ2n) is 8.25. The van der Waals surface area contributed by atoms with Gasteiger partial charge in [0.25, 0.3) is 0 Å². The Labute approximate surface area is 160 Å². The average Bonchev–Trinajstić information content (AvgIpc) is 3.10. The smallest absolute Gasteiger partial charge is 0.228 e. The summed E-state index contributed by atoms with van der Waals surface area (Å²) >= 11 is 0. The Balaban J connectivity index is 1.42. The number of rotatable bonds is 4. The fourth-order valence-electron chi connectivity index (χ4n) is 4.34. The number of fused-ring (bicyclic) bond motifs is 2. The lowest BCUT2D eigenvalue weighted by Crippen LogP contribution is -2.42. The van der Waals surface area contributed by atoms with Gasteiger partial charge in [0.2, 0.25) is 11.8 Å². The second kappa shape index (κ2) is 6.52. The molecule has 2 heterocycles. The number of carbonyl (C=O) groups is 2. The van der Waals surface area contributed by atoms with Gasteiger partial charge in [0, 0.05) is 29.3 Å².